The molecule has 0 bridgehead atoms. The van der Waals surface area contributed by atoms with Gasteiger partial charge in [0.2, 0.25) is 5.91 Å². The summed E-state index contributed by atoms with van der Waals surface area (Å²) in [7, 11) is 0. The largest absolute Gasteiger partial charge is 0.484 e. The van der Waals surface area contributed by atoms with Crippen LogP contribution < -0.4 is 10.1 Å². The fourth-order valence-corrected chi connectivity index (χ4v) is 4.33. The summed E-state index contributed by atoms with van der Waals surface area (Å²) in [4.78, 5) is 12.5. The van der Waals surface area contributed by atoms with Crippen molar-refractivity contribution in [3.63, 3.8) is 0 Å². The van der Waals surface area contributed by atoms with Crippen LogP contribution in [0.3, 0.4) is 0 Å². The van der Waals surface area contributed by atoms with Crippen LogP contribution in [0.5, 0.6) is 5.75 Å². The standard InChI is InChI=1S/C23H22ClN5O2S/c1-23(15-25,16-11-12-16)26-21(30)14-32-22-28-27-20(29(22)17-7-3-2-4-8-17)13-31-19-10-6-5-9-18(19)24/h2-10,16H,11-14H2,1H3,(H,26,30). The Morgan fingerprint density at radius 1 is 1.25 bits per heavy atom. The molecular weight excluding hydrogens is 446 g/mol. The minimum absolute atomic E-state index is 0.125. The SMILES string of the molecule is CC(C#N)(NC(=O)CSc1nnc(COc2ccccc2Cl)n1-c1ccccc1)C1CC1. The monoisotopic (exact) mass is 467 g/mol. The Kier molecular flexibility index (Phi) is 6.68. The van der Waals surface area contributed by atoms with Crippen molar-refractivity contribution in [1.82, 2.24) is 20.1 Å². The predicted molar refractivity (Wildman–Crippen MR) is 123 cm³/mol. The minimum atomic E-state index is -0.821. The van der Waals surface area contributed by atoms with E-state index in [-0.39, 0.29) is 24.2 Å². The van der Waals surface area contributed by atoms with E-state index in [1.165, 1.54) is 11.8 Å². The summed E-state index contributed by atoms with van der Waals surface area (Å²) in [6.07, 6.45) is 1.93. The van der Waals surface area contributed by atoms with Gasteiger partial charge in [0.05, 0.1) is 16.8 Å². The van der Waals surface area contributed by atoms with Crippen LogP contribution in [-0.4, -0.2) is 32.0 Å². The second kappa shape index (κ2) is 9.63. The van der Waals surface area contributed by atoms with Crippen LogP contribution in [0, 0.1) is 17.2 Å². The molecule has 0 spiro atoms. The summed E-state index contributed by atoms with van der Waals surface area (Å²) < 4.78 is 7.72. The Bertz CT molecular complexity index is 1140. The highest BCUT2D eigenvalue weighted by Crippen LogP contribution is 2.39. The highest BCUT2D eigenvalue weighted by Gasteiger charge is 2.43. The first kappa shape index (κ1) is 22.2. The van der Waals surface area contributed by atoms with Gasteiger partial charge in [-0.1, -0.05) is 53.7 Å². The molecule has 1 aliphatic rings. The summed E-state index contributed by atoms with van der Waals surface area (Å²) in [5.74, 6) is 1.28. The molecule has 1 N–H and O–H groups in total. The fourth-order valence-electron chi connectivity index (χ4n) is 3.37. The summed E-state index contributed by atoms with van der Waals surface area (Å²) in [6.45, 7) is 1.94. The number of hydrogen-bond acceptors (Lipinski definition) is 6. The highest BCUT2D eigenvalue weighted by molar-refractivity contribution is 7.99. The average Bonchev–Trinajstić information content (AvgIpc) is 3.59. The lowest BCUT2D eigenvalue weighted by molar-refractivity contribution is -0.119. The van der Waals surface area contributed by atoms with Crippen LogP contribution >= 0.6 is 23.4 Å². The first-order valence-electron chi connectivity index (χ1n) is 10.2. The van der Waals surface area contributed by atoms with E-state index in [1.54, 1.807) is 19.1 Å². The summed E-state index contributed by atoms with van der Waals surface area (Å²) in [5, 5.41) is 22.0. The quantitative estimate of drug-likeness (QED) is 0.469. The van der Waals surface area contributed by atoms with Crippen LogP contribution in [0.25, 0.3) is 5.69 Å². The molecule has 1 saturated carbocycles. The number of carbonyl (C=O) groups excluding carboxylic acids is 1. The van der Waals surface area contributed by atoms with E-state index < -0.39 is 5.54 Å². The van der Waals surface area contributed by atoms with Gasteiger partial charge >= 0.3 is 0 Å². The Morgan fingerprint density at radius 2 is 1.97 bits per heavy atom. The Balaban J connectivity index is 1.50. The van der Waals surface area contributed by atoms with Crippen LogP contribution in [0.15, 0.2) is 59.8 Å². The number of halogens is 1. The van der Waals surface area contributed by atoms with Gasteiger partial charge in [-0.15, -0.1) is 10.2 Å². The summed E-state index contributed by atoms with van der Waals surface area (Å²) >= 11 is 7.45. The normalized spacial score (nSPS) is 14.9. The molecule has 9 heteroatoms. The van der Waals surface area contributed by atoms with Gasteiger partial charge in [0.15, 0.2) is 11.0 Å². The first-order valence-corrected chi connectivity index (χ1v) is 11.6. The van der Waals surface area contributed by atoms with E-state index in [0.29, 0.717) is 21.8 Å². The van der Waals surface area contributed by atoms with Crippen molar-refractivity contribution in [2.24, 2.45) is 5.92 Å². The predicted octanol–water partition coefficient (Wildman–Crippen LogP) is 4.40. The average molecular weight is 468 g/mol. The molecule has 1 unspecified atom stereocenters. The van der Waals surface area contributed by atoms with Crippen molar-refractivity contribution >= 4 is 29.3 Å². The Labute approximate surface area is 195 Å². The maximum Gasteiger partial charge on any atom is 0.231 e. The zero-order chi connectivity index (χ0) is 22.6. The van der Waals surface area contributed by atoms with E-state index in [0.717, 1.165) is 18.5 Å². The molecule has 1 fully saturated rings. The zero-order valence-corrected chi connectivity index (χ0v) is 19.1. The number of rotatable bonds is 9. The van der Waals surface area contributed by atoms with E-state index >= 15 is 0 Å². The van der Waals surface area contributed by atoms with E-state index in [1.807, 2.05) is 47.0 Å². The second-order valence-electron chi connectivity index (χ2n) is 7.71. The van der Waals surface area contributed by atoms with Crippen molar-refractivity contribution in [3.8, 4) is 17.5 Å². The minimum Gasteiger partial charge on any atom is -0.484 e. The molecule has 1 aliphatic carbocycles. The van der Waals surface area contributed by atoms with Gasteiger partial charge in [-0.25, -0.2) is 0 Å². The summed E-state index contributed by atoms with van der Waals surface area (Å²) in [5.41, 5.74) is 0.0385. The fraction of sp³-hybridized carbons (Fsp3) is 0.304. The van der Waals surface area contributed by atoms with Crippen molar-refractivity contribution in [2.75, 3.05) is 5.75 Å². The van der Waals surface area contributed by atoms with Gasteiger partial charge in [-0.3, -0.25) is 9.36 Å². The van der Waals surface area contributed by atoms with E-state index in [9.17, 15) is 10.1 Å². The second-order valence-corrected chi connectivity index (χ2v) is 9.06. The molecule has 1 atom stereocenters. The molecular formula is C23H22ClN5O2S. The van der Waals surface area contributed by atoms with Crippen molar-refractivity contribution in [3.05, 3.63) is 65.4 Å². The number of carbonyl (C=O) groups is 1. The number of aromatic nitrogens is 3. The number of ether oxygens (including phenoxy) is 1. The molecule has 1 heterocycles. The molecule has 3 aromatic rings. The highest BCUT2D eigenvalue weighted by atomic mass is 35.5. The third-order valence-corrected chi connectivity index (χ3v) is 6.51. The molecule has 0 radical (unpaired) electrons. The van der Waals surface area contributed by atoms with Gasteiger partial charge in [-0.05, 0) is 49.9 Å². The number of hydrogen-bond donors (Lipinski definition) is 1. The van der Waals surface area contributed by atoms with E-state index in [2.05, 4.69) is 21.6 Å². The molecule has 32 heavy (non-hydrogen) atoms. The number of amides is 1. The number of nitriles is 1. The lowest BCUT2D eigenvalue weighted by Crippen LogP contribution is -2.47. The molecule has 2 aromatic carbocycles. The van der Waals surface area contributed by atoms with Crippen LogP contribution in [-0.2, 0) is 11.4 Å². The van der Waals surface area contributed by atoms with Gasteiger partial charge < -0.3 is 10.1 Å². The zero-order valence-electron chi connectivity index (χ0n) is 17.5. The maximum atomic E-state index is 12.5. The van der Waals surface area contributed by atoms with Gasteiger partial charge in [-0.2, -0.15) is 5.26 Å². The lowest BCUT2D eigenvalue weighted by atomic mass is 9.98. The maximum absolute atomic E-state index is 12.5. The smallest absolute Gasteiger partial charge is 0.231 e. The number of benzene rings is 2. The molecule has 4 rings (SSSR count). The third kappa shape index (κ3) is 5.06. The molecule has 7 nitrogen and oxygen atoms in total. The lowest BCUT2D eigenvalue weighted by Gasteiger charge is -2.22. The molecule has 164 valence electrons. The van der Waals surface area contributed by atoms with Gasteiger partial charge in [0.1, 0.15) is 17.9 Å². The topological polar surface area (TPSA) is 92.8 Å². The Morgan fingerprint density at radius 3 is 2.66 bits per heavy atom. The Hall–Kier alpha value is -3.02. The van der Waals surface area contributed by atoms with Crippen molar-refractivity contribution in [1.29, 1.82) is 5.26 Å². The molecule has 1 aromatic heterocycles. The molecule has 0 aliphatic heterocycles. The third-order valence-electron chi connectivity index (χ3n) is 5.27. The number of thioether (sulfide) groups is 1. The summed E-state index contributed by atoms with van der Waals surface area (Å²) in [6, 6.07) is 19.1. The first-order chi connectivity index (χ1) is 15.5. The van der Waals surface area contributed by atoms with Crippen LogP contribution in [0.4, 0.5) is 0 Å². The van der Waals surface area contributed by atoms with Crippen molar-refractivity contribution in [2.45, 2.75) is 37.1 Å². The molecule has 1 amide bonds. The van der Waals surface area contributed by atoms with Gasteiger partial charge in [0, 0.05) is 5.69 Å². The van der Waals surface area contributed by atoms with E-state index in [4.69, 9.17) is 16.3 Å². The van der Waals surface area contributed by atoms with Gasteiger partial charge in [0.25, 0.3) is 0 Å². The van der Waals surface area contributed by atoms with Crippen LogP contribution in [0.1, 0.15) is 25.6 Å². The van der Waals surface area contributed by atoms with Crippen LogP contribution in [0.2, 0.25) is 5.02 Å². The van der Waals surface area contributed by atoms with Crippen molar-refractivity contribution < 1.29 is 9.53 Å². The number of nitrogens with one attached hydrogen (secondary N) is 1. The molecule has 0 saturated heterocycles. The number of para-hydroxylation sites is 2. The number of nitrogens with zero attached hydrogens (tertiary/aromatic N) is 4.